The molecule has 0 aromatic carbocycles. The third-order valence-corrected chi connectivity index (χ3v) is 3.30. The predicted octanol–water partition coefficient (Wildman–Crippen LogP) is 1.83. The largest absolute Gasteiger partial charge is 0.450 e. The van der Waals surface area contributed by atoms with Gasteiger partial charge >= 0.3 is 5.97 Å². The average molecular weight is 346 g/mol. The topological polar surface area (TPSA) is 69.0 Å². The summed E-state index contributed by atoms with van der Waals surface area (Å²) in [5, 5.41) is 0. The van der Waals surface area contributed by atoms with E-state index in [4.69, 9.17) is 13.9 Å². The summed E-state index contributed by atoms with van der Waals surface area (Å²) in [6, 6.07) is 3.07. The van der Waals surface area contributed by atoms with E-state index in [9.17, 15) is 9.59 Å². The molecule has 1 aliphatic rings. The van der Waals surface area contributed by atoms with Gasteiger partial charge in [-0.3, -0.25) is 4.79 Å². The molecule has 1 fully saturated rings. The maximum Gasteiger partial charge on any atom is 0.374 e. The second-order valence-electron chi connectivity index (χ2n) is 4.74. The number of halogens is 1. The summed E-state index contributed by atoms with van der Waals surface area (Å²) in [7, 11) is 0. The van der Waals surface area contributed by atoms with Crippen LogP contribution in [0.3, 0.4) is 0 Å². The first kappa shape index (κ1) is 15.1. The van der Waals surface area contributed by atoms with Crippen LogP contribution in [0.15, 0.2) is 21.2 Å². The molecule has 2 rings (SSSR count). The van der Waals surface area contributed by atoms with Gasteiger partial charge in [-0.1, -0.05) is 0 Å². The number of hydrogen-bond acceptors (Lipinski definition) is 5. The van der Waals surface area contributed by atoms with Gasteiger partial charge in [0.25, 0.3) is 5.91 Å². The van der Waals surface area contributed by atoms with Gasteiger partial charge in [-0.2, -0.15) is 0 Å². The van der Waals surface area contributed by atoms with Crippen molar-refractivity contribution in [1.82, 2.24) is 4.90 Å². The van der Waals surface area contributed by atoms with Crippen molar-refractivity contribution < 1.29 is 23.5 Å². The molecule has 20 heavy (non-hydrogen) atoms. The summed E-state index contributed by atoms with van der Waals surface area (Å²) >= 11 is 3.09. The van der Waals surface area contributed by atoms with E-state index in [0.29, 0.717) is 17.8 Å². The lowest BCUT2D eigenvalue weighted by molar-refractivity contribution is -0.146. The Kier molecular flexibility index (Phi) is 4.82. The molecule has 1 amide bonds. The standard InChI is InChI=1S/C13H16BrNO5/c1-8-5-15(6-9(2)19-8)12(16)7-18-13(17)10-3-4-11(14)20-10/h3-4,8-9H,5-7H2,1-2H3/t8-,9-/m0/s1. The maximum absolute atomic E-state index is 12.0. The van der Waals surface area contributed by atoms with Crippen molar-refractivity contribution in [3.05, 3.63) is 22.6 Å². The lowest BCUT2D eigenvalue weighted by atomic mass is 10.2. The number of carbonyl (C=O) groups is 2. The fourth-order valence-electron chi connectivity index (χ4n) is 2.10. The number of ether oxygens (including phenoxy) is 2. The van der Waals surface area contributed by atoms with Crippen LogP contribution in [0.1, 0.15) is 24.4 Å². The lowest BCUT2D eigenvalue weighted by Crippen LogP contribution is -2.49. The summed E-state index contributed by atoms with van der Waals surface area (Å²) < 4.78 is 16.0. The van der Waals surface area contributed by atoms with E-state index in [-0.39, 0.29) is 30.5 Å². The highest BCUT2D eigenvalue weighted by molar-refractivity contribution is 9.10. The van der Waals surface area contributed by atoms with Crippen LogP contribution < -0.4 is 0 Å². The predicted molar refractivity (Wildman–Crippen MR) is 73.3 cm³/mol. The van der Waals surface area contributed by atoms with E-state index in [1.165, 1.54) is 6.07 Å². The number of furan rings is 1. The fraction of sp³-hybridized carbons (Fsp3) is 0.538. The molecule has 0 unspecified atom stereocenters. The fourth-order valence-corrected chi connectivity index (χ4v) is 2.40. The summed E-state index contributed by atoms with van der Waals surface area (Å²) in [6.45, 7) is 4.53. The molecule has 1 aliphatic heterocycles. The normalized spacial score (nSPS) is 22.6. The third kappa shape index (κ3) is 3.83. The Morgan fingerprint density at radius 3 is 2.55 bits per heavy atom. The van der Waals surface area contributed by atoms with Crippen LogP contribution in [-0.2, 0) is 14.3 Å². The molecule has 1 aromatic rings. The van der Waals surface area contributed by atoms with Crippen molar-refractivity contribution in [3.8, 4) is 0 Å². The minimum Gasteiger partial charge on any atom is -0.450 e. The van der Waals surface area contributed by atoms with Crippen LogP contribution in [0.2, 0.25) is 0 Å². The first-order valence-corrected chi connectivity index (χ1v) is 7.10. The molecular weight excluding hydrogens is 330 g/mol. The first-order chi connectivity index (χ1) is 9.45. The Labute approximate surface area is 125 Å². The van der Waals surface area contributed by atoms with E-state index in [1.807, 2.05) is 13.8 Å². The van der Waals surface area contributed by atoms with Gasteiger partial charge in [-0.25, -0.2) is 4.79 Å². The molecule has 0 spiro atoms. The van der Waals surface area contributed by atoms with Crippen molar-refractivity contribution in [2.75, 3.05) is 19.7 Å². The van der Waals surface area contributed by atoms with E-state index in [0.717, 1.165) is 0 Å². The molecule has 110 valence electrons. The molecule has 7 heteroatoms. The molecule has 0 N–H and O–H groups in total. The van der Waals surface area contributed by atoms with Crippen LogP contribution in [-0.4, -0.2) is 48.7 Å². The summed E-state index contributed by atoms with van der Waals surface area (Å²) in [5.74, 6) is -0.822. The third-order valence-electron chi connectivity index (χ3n) is 2.87. The zero-order valence-corrected chi connectivity index (χ0v) is 12.9. The SMILES string of the molecule is C[C@H]1CN(C(=O)COC(=O)c2ccc(Br)o2)C[C@H](C)O1. The van der Waals surface area contributed by atoms with Crippen LogP contribution in [0, 0.1) is 0 Å². The Morgan fingerprint density at radius 2 is 2.00 bits per heavy atom. The highest BCUT2D eigenvalue weighted by Crippen LogP contribution is 2.15. The lowest BCUT2D eigenvalue weighted by Gasteiger charge is -2.35. The maximum atomic E-state index is 12.0. The van der Waals surface area contributed by atoms with Gasteiger partial charge in [0.15, 0.2) is 11.3 Å². The van der Waals surface area contributed by atoms with Crippen molar-refractivity contribution in [2.24, 2.45) is 0 Å². The molecule has 0 bridgehead atoms. The van der Waals surface area contributed by atoms with Gasteiger partial charge < -0.3 is 18.8 Å². The molecule has 6 nitrogen and oxygen atoms in total. The van der Waals surface area contributed by atoms with Gasteiger partial charge in [-0.15, -0.1) is 0 Å². The van der Waals surface area contributed by atoms with Crippen LogP contribution in [0.4, 0.5) is 0 Å². The van der Waals surface area contributed by atoms with E-state index >= 15 is 0 Å². The number of nitrogens with zero attached hydrogens (tertiary/aromatic N) is 1. The molecular formula is C13H16BrNO5. The number of hydrogen-bond donors (Lipinski definition) is 0. The Balaban J connectivity index is 1.84. The highest BCUT2D eigenvalue weighted by Gasteiger charge is 2.26. The van der Waals surface area contributed by atoms with E-state index in [2.05, 4.69) is 15.9 Å². The van der Waals surface area contributed by atoms with Crippen molar-refractivity contribution >= 4 is 27.8 Å². The van der Waals surface area contributed by atoms with Crippen LogP contribution >= 0.6 is 15.9 Å². The molecule has 2 heterocycles. The molecule has 0 aliphatic carbocycles. The number of morpholine rings is 1. The summed E-state index contributed by atoms with van der Waals surface area (Å²) in [6.07, 6.45) is -0.0288. The second kappa shape index (κ2) is 6.41. The summed E-state index contributed by atoms with van der Waals surface area (Å²) in [5.41, 5.74) is 0. The molecule has 1 saturated heterocycles. The van der Waals surface area contributed by atoms with E-state index in [1.54, 1.807) is 11.0 Å². The number of rotatable bonds is 3. The Bertz CT molecular complexity index is 491. The summed E-state index contributed by atoms with van der Waals surface area (Å²) in [4.78, 5) is 25.3. The van der Waals surface area contributed by atoms with Crippen molar-refractivity contribution in [2.45, 2.75) is 26.1 Å². The van der Waals surface area contributed by atoms with Gasteiger partial charge in [0.2, 0.25) is 5.76 Å². The zero-order chi connectivity index (χ0) is 14.7. The number of carbonyl (C=O) groups excluding carboxylic acids is 2. The van der Waals surface area contributed by atoms with Crippen molar-refractivity contribution in [1.29, 1.82) is 0 Å². The molecule has 2 atom stereocenters. The van der Waals surface area contributed by atoms with Gasteiger partial charge in [0.1, 0.15) is 0 Å². The number of amides is 1. The average Bonchev–Trinajstić information content (AvgIpc) is 2.81. The smallest absolute Gasteiger partial charge is 0.374 e. The van der Waals surface area contributed by atoms with Crippen LogP contribution in [0.25, 0.3) is 0 Å². The van der Waals surface area contributed by atoms with Gasteiger partial charge in [0.05, 0.1) is 12.2 Å². The number of esters is 1. The monoisotopic (exact) mass is 345 g/mol. The first-order valence-electron chi connectivity index (χ1n) is 6.31. The molecule has 0 saturated carbocycles. The minimum atomic E-state index is -0.654. The quantitative estimate of drug-likeness (QED) is 0.781. The highest BCUT2D eigenvalue weighted by atomic mass is 79.9. The zero-order valence-electron chi connectivity index (χ0n) is 11.3. The van der Waals surface area contributed by atoms with Gasteiger partial charge in [0, 0.05) is 13.1 Å². The minimum absolute atomic E-state index is 0.0144. The second-order valence-corrected chi connectivity index (χ2v) is 5.52. The van der Waals surface area contributed by atoms with Crippen LogP contribution in [0.5, 0.6) is 0 Å². The van der Waals surface area contributed by atoms with Crippen molar-refractivity contribution in [3.63, 3.8) is 0 Å². The Morgan fingerprint density at radius 1 is 1.35 bits per heavy atom. The van der Waals surface area contributed by atoms with Gasteiger partial charge in [-0.05, 0) is 41.9 Å². The van der Waals surface area contributed by atoms with E-state index < -0.39 is 5.97 Å². The molecule has 1 aromatic heterocycles. The molecule has 0 radical (unpaired) electrons. The Hall–Kier alpha value is -1.34.